The minimum atomic E-state index is -1.25. The summed E-state index contributed by atoms with van der Waals surface area (Å²) in [4.78, 5) is 20.7. The van der Waals surface area contributed by atoms with Crippen molar-refractivity contribution in [1.29, 1.82) is 0 Å². The van der Waals surface area contributed by atoms with Crippen molar-refractivity contribution in [3.05, 3.63) is 28.4 Å². The van der Waals surface area contributed by atoms with Crippen LogP contribution in [0.3, 0.4) is 0 Å². The Bertz CT molecular complexity index is 608. The second-order valence-electron chi connectivity index (χ2n) is 4.38. The van der Waals surface area contributed by atoms with E-state index in [-0.39, 0.29) is 12.0 Å². The van der Waals surface area contributed by atoms with Gasteiger partial charge in [-0.2, -0.15) is 0 Å². The largest absolute Gasteiger partial charge is 0.395 e. The van der Waals surface area contributed by atoms with Gasteiger partial charge in [-0.1, -0.05) is 0 Å². The molecule has 0 spiro atoms. The van der Waals surface area contributed by atoms with Gasteiger partial charge >= 0.3 is 0 Å². The minimum Gasteiger partial charge on any atom is -0.395 e. The number of nitrogens with zero attached hydrogens (tertiary/aromatic N) is 1. The van der Waals surface area contributed by atoms with Crippen LogP contribution in [0.1, 0.15) is 5.56 Å². The third-order valence-corrected chi connectivity index (χ3v) is 3.02. The Labute approximate surface area is 107 Å². The Kier molecular flexibility index (Phi) is 3.96. The molecule has 104 valence electrons. The Morgan fingerprint density at radius 1 is 1.37 bits per heavy atom. The van der Waals surface area contributed by atoms with E-state index in [4.69, 9.17) is 10.8 Å². The summed E-state index contributed by atoms with van der Waals surface area (Å²) in [6.07, 6.45) is 0.488. The number of H-pyrrole nitrogens is 2. The fourth-order valence-electron chi connectivity index (χ4n) is 1.90. The molecule has 0 bridgehead atoms. The molecule has 2 rings (SSSR count). The number of hydrogen-bond donors (Lipinski definition) is 6. The number of hydrogen-bond acceptors (Lipinski definition) is 6. The molecule has 3 atom stereocenters. The summed E-state index contributed by atoms with van der Waals surface area (Å²) < 4.78 is 0. The van der Waals surface area contributed by atoms with Crippen molar-refractivity contribution < 1.29 is 15.3 Å². The maximum atomic E-state index is 11.5. The first kappa shape index (κ1) is 13.7. The van der Waals surface area contributed by atoms with E-state index in [1.54, 1.807) is 6.20 Å². The van der Waals surface area contributed by atoms with Crippen molar-refractivity contribution in [1.82, 2.24) is 15.0 Å². The number of nitrogens with two attached hydrogens (primary N) is 1. The highest BCUT2D eigenvalue weighted by Gasteiger charge is 2.24. The molecule has 19 heavy (non-hydrogen) atoms. The first-order chi connectivity index (χ1) is 9.04. The molecule has 0 fully saturated rings. The highest BCUT2D eigenvalue weighted by molar-refractivity contribution is 5.77. The van der Waals surface area contributed by atoms with Gasteiger partial charge in [0.05, 0.1) is 36.7 Å². The van der Waals surface area contributed by atoms with Gasteiger partial charge in [0, 0.05) is 12.6 Å². The lowest BCUT2D eigenvalue weighted by Gasteiger charge is -2.21. The molecule has 0 saturated carbocycles. The van der Waals surface area contributed by atoms with Gasteiger partial charge in [-0.3, -0.25) is 4.79 Å². The van der Waals surface area contributed by atoms with Crippen molar-refractivity contribution in [3.8, 4) is 0 Å². The Balaban J connectivity index is 2.22. The Morgan fingerprint density at radius 2 is 2.11 bits per heavy atom. The summed E-state index contributed by atoms with van der Waals surface area (Å²) >= 11 is 0. The zero-order valence-corrected chi connectivity index (χ0v) is 10.1. The Morgan fingerprint density at radius 3 is 2.79 bits per heavy atom. The molecular formula is C11H16N4O4. The summed E-state index contributed by atoms with van der Waals surface area (Å²) in [6, 6.07) is -0.920. The topological polar surface area (TPSA) is 148 Å². The first-order valence-electron chi connectivity index (χ1n) is 5.80. The van der Waals surface area contributed by atoms with Crippen LogP contribution in [0.4, 0.5) is 0 Å². The summed E-state index contributed by atoms with van der Waals surface area (Å²) in [5, 5.41) is 28.4. The molecule has 3 unspecified atom stereocenters. The van der Waals surface area contributed by atoms with Crippen LogP contribution < -0.4 is 11.3 Å². The lowest BCUT2D eigenvalue weighted by atomic mass is 10.0. The van der Waals surface area contributed by atoms with E-state index in [1.165, 1.54) is 6.33 Å². The van der Waals surface area contributed by atoms with Crippen LogP contribution in [0.5, 0.6) is 0 Å². The maximum absolute atomic E-state index is 11.5. The number of nitrogens with one attached hydrogen (secondary N) is 2. The zero-order chi connectivity index (χ0) is 14.0. The molecule has 0 aromatic carbocycles. The van der Waals surface area contributed by atoms with Crippen LogP contribution in [0.2, 0.25) is 0 Å². The molecule has 0 saturated heterocycles. The van der Waals surface area contributed by atoms with Crippen molar-refractivity contribution in [3.63, 3.8) is 0 Å². The average molecular weight is 268 g/mol. The van der Waals surface area contributed by atoms with Gasteiger partial charge in [-0.25, -0.2) is 4.98 Å². The van der Waals surface area contributed by atoms with Crippen molar-refractivity contribution >= 4 is 11.0 Å². The predicted octanol–water partition coefficient (Wildman–Crippen LogP) is -2.16. The van der Waals surface area contributed by atoms with Gasteiger partial charge in [0.1, 0.15) is 5.52 Å². The van der Waals surface area contributed by atoms with Crippen LogP contribution in [0.25, 0.3) is 11.0 Å². The average Bonchev–Trinajstić information content (AvgIpc) is 2.81. The number of aliphatic hydroxyl groups is 3. The molecule has 8 heteroatoms. The number of aromatic amines is 2. The number of fused-ring (bicyclic) bond motifs is 1. The van der Waals surface area contributed by atoms with E-state index < -0.39 is 24.9 Å². The lowest BCUT2D eigenvalue weighted by Crippen LogP contribution is -2.46. The van der Waals surface area contributed by atoms with E-state index in [1.807, 2.05) is 0 Å². The summed E-state index contributed by atoms with van der Waals surface area (Å²) in [7, 11) is 0. The van der Waals surface area contributed by atoms with E-state index >= 15 is 0 Å². The predicted molar refractivity (Wildman–Crippen MR) is 67.5 cm³/mol. The molecular weight excluding hydrogens is 252 g/mol. The van der Waals surface area contributed by atoms with Crippen LogP contribution >= 0.6 is 0 Å². The molecule has 0 radical (unpaired) electrons. The van der Waals surface area contributed by atoms with Crippen LogP contribution in [0.15, 0.2) is 17.3 Å². The molecule has 8 nitrogen and oxygen atoms in total. The fraction of sp³-hybridized carbons (Fsp3) is 0.455. The molecule has 2 aromatic rings. The van der Waals surface area contributed by atoms with Gasteiger partial charge in [-0.05, 0) is 5.56 Å². The van der Waals surface area contributed by atoms with Gasteiger partial charge in [-0.15, -0.1) is 0 Å². The van der Waals surface area contributed by atoms with Crippen LogP contribution in [0, 0.1) is 0 Å². The maximum Gasteiger partial charge on any atom is 0.275 e. The van der Waals surface area contributed by atoms with Crippen molar-refractivity contribution in [2.75, 3.05) is 6.61 Å². The molecule has 7 N–H and O–H groups in total. The van der Waals surface area contributed by atoms with Gasteiger partial charge in [0.15, 0.2) is 0 Å². The quantitative estimate of drug-likeness (QED) is 0.363. The van der Waals surface area contributed by atoms with E-state index in [9.17, 15) is 15.0 Å². The lowest BCUT2D eigenvalue weighted by molar-refractivity contribution is -0.00636. The normalized spacial score (nSPS) is 16.4. The van der Waals surface area contributed by atoms with E-state index in [2.05, 4.69) is 15.0 Å². The second kappa shape index (κ2) is 5.49. The molecule has 2 aromatic heterocycles. The third kappa shape index (κ3) is 2.66. The third-order valence-electron chi connectivity index (χ3n) is 3.02. The van der Waals surface area contributed by atoms with Gasteiger partial charge in [0.2, 0.25) is 0 Å². The number of aliphatic hydroxyl groups excluding tert-OH is 3. The van der Waals surface area contributed by atoms with Gasteiger partial charge in [0.25, 0.3) is 5.56 Å². The SMILES string of the molecule is NC(CO)C(O)C(O)Cc1c[nH]c2c(=O)[nH]cnc12. The Hall–Kier alpha value is -1.74. The second-order valence-corrected chi connectivity index (χ2v) is 4.38. The highest BCUT2D eigenvalue weighted by atomic mass is 16.3. The van der Waals surface area contributed by atoms with Crippen molar-refractivity contribution in [2.24, 2.45) is 5.73 Å². The molecule has 0 aliphatic rings. The van der Waals surface area contributed by atoms with Gasteiger partial charge < -0.3 is 31.0 Å². The van der Waals surface area contributed by atoms with Crippen LogP contribution in [-0.4, -0.2) is 55.1 Å². The van der Waals surface area contributed by atoms with Crippen LogP contribution in [-0.2, 0) is 6.42 Å². The summed E-state index contributed by atoms with van der Waals surface area (Å²) in [5.41, 5.74) is 6.48. The molecule has 2 heterocycles. The smallest absolute Gasteiger partial charge is 0.275 e. The summed E-state index contributed by atoms with van der Waals surface area (Å²) in [6.45, 7) is -0.427. The zero-order valence-electron chi connectivity index (χ0n) is 10.1. The molecule has 0 aliphatic carbocycles. The first-order valence-corrected chi connectivity index (χ1v) is 5.80. The van der Waals surface area contributed by atoms with E-state index in [0.717, 1.165) is 0 Å². The molecule has 0 amide bonds. The minimum absolute atomic E-state index is 0.0747. The fourth-order valence-corrected chi connectivity index (χ4v) is 1.90. The molecule has 0 aliphatic heterocycles. The standard InChI is InChI=1S/C11H16N4O4/c12-6(3-16)10(18)7(17)1-5-2-13-9-8(5)14-4-15-11(9)19/h2,4,6-7,10,13,16-18H,1,3,12H2,(H,14,15,19). The number of rotatable bonds is 5. The summed E-state index contributed by atoms with van der Waals surface area (Å²) in [5.74, 6) is 0. The monoisotopic (exact) mass is 268 g/mol. The van der Waals surface area contributed by atoms with E-state index in [0.29, 0.717) is 16.6 Å². The van der Waals surface area contributed by atoms with Crippen molar-refractivity contribution in [2.45, 2.75) is 24.7 Å². The number of aromatic nitrogens is 3. The highest BCUT2D eigenvalue weighted by Crippen LogP contribution is 2.15.